The van der Waals surface area contributed by atoms with E-state index in [0.717, 1.165) is 39.2 Å². The summed E-state index contributed by atoms with van der Waals surface area (Å²) in [6.07, 6.45) is 0. The summed E-state index contributed by atoms with van der Waals surface area (Å²) in [5.74, 6) is 1.08. The van der Waals surface area contributed by atoms with Gasteiger partial charge in [-0.05, 0) is 68.7 Å². The van der Waals surface area contributed by atoms with Crippen LogP contribution in [0.25, 0.3) is 11.3 Å². The Morgan fingerprint density at radius 3 is 2.49 bits per heavy atom. The van der Waals surface area contributed by atoms with Crippen LogP contribution in [0.15, 0.2) is 65.1 Å². The third-order valence-electron chi connectivity index (χ3n) is 6.24. The zero-order valence-corrected chi connectivity index (χ0v) is 22.4. The van der Waals surface area contributed by atoms with Gasteiger partial charge in [0.25, 0.3) is 5.91 Å². The molecule has 2 heterocycles. The van der Waals surface area contributed by atoms with Crippen LogP contribution in [-0.2, 0) is 9.59 Å². The molecule has 0 spiro atoms. The molecule has 0 atom stereocenters. The lowest BCUT2D eigenvalue weighted by Gasteiger charge is -2.23. The second-order valence-corrected chi connectivity index (χ2v) is 10.0. The molecule has 37 heavy (non-hydrogen) atoms. The minimum Gasteiger partial charge on any atom is -0.454 e. The molecule has 2 aliphatic rings. The fourth-order valence-corrected chi connectivity index (χ4v) is 4.72. The number of nitrogens with one attached hydrogen (secondary N) is 2. The molecule has 0 unspecified atom stereocenters. The second-order valence-electron chi connectivity index (χ2n) is 9.11. The molecule has 2 amide bonds. The van der Waals surface area contributed by atoms with Gasteiger partial charge in [0, 0.05) is 47.0 Å². The standard InChI is InChI=1S/C28H27BrN4O4/c1-17(34)33(13-12-32(2)3)21-8-6-20(7-9-21)30-27(18-4-11-24-25(14-18)37-16-36-24)26-22-10-5-19(29)15-23(22)31-28(26)35/h4-11,14-15,30H,12-13,16H2,1-3H3,(H,31,35)/b27-26-. The number of fused-ring (bicyclic) bond motifs is 2. The molecule has 0 aliphatic carbocycles. The van der Waals surface area contributed by atoms with Crippen molar-refractivity contribution in [3.63, 3.8) is 0 Å². The van der Waals surface area contributed by atoms with Gasteiger partial charge in [0.15, 0.2) is 11.5 Å². The van der Waals surface area contributed by atoms with Crippen LogP contribution in [-0.4, -0.2) is 50.7 Å². The summed E-state index contributed by atoms with van der Waals surface area (Å²) < 4.78 is 12.0. The summed E-state index contributed by atoms with van der Waals surface area (Å²) in [4.78, 5) is 29.3. The predicted molar refractivity (Wildman–Crippen MR) is 149 cm³/mol. The first-order valence-corrected chi connectivity index (χ1v) is 12.6. The Morgan fingerprint density at radius 2 is 1.76 bits per heavy atom. The van der Waals surface area contributed by atoms with Gasteiger partial charge < -0.3 is 29.9 Å². The van der Waals surface area contributed by atoms with Crippen molar-refractivity contribution in [3.8, 4) is 11.5 Å². The summed E-state index contributed by atoms with van der Waals surface area (Å²) in [5, 5.41) is 6.42. The molecule has 2 aliphatic heterocycles. The molecular formula is C28H27BrN4O4. The summed E-state index contributed by atoms with van der Waals surface area (Å²) in [6.45, 7) is 3.08. The van der Waals surface area contributed by atoms with Gasteiger partial charge in [0.05, 0.1) is 17.0 Å². The molecule has 8 nitrogen and oxygen atoms in total. The average Bonchev–Trinajstić information content (AvgIpc) is 3.45. The Bertz CT molecular complexity index is 1400. The Morgan fingerprint density at radius 1 is 1.00 bits per heavy atom. The maximum absolute atomic E-state index is 13.2. The average molecular weight is 563 g/mol. The van der Waals surface area contributed by atoms with E-state index in [0.29, 0.717) is 29.3 Å². The van der Waals surface area contributed by atoms with Crippen LogP contribution in [0.4, 0.5) is 17.1 Å². The number of rotatable bonds is 7. The number of hydrogen-bond donors (Lipinski definition) is 2. The van der Waals surface area contributed by atoms with Gasteiger partial charge in [-0.2, -0.15) is 0 Å². The third kappa shape index (κ3) is 5.19. The van der Waals surface area contributed by atoms with Crippen LogP contribution in [0.2, 0.25) is 0 Å². The van der Waals surface area contributed by atoms with Crippen molar-refractivity contribution in [2.45, 2.75) is 6.92 Å². The van der Waals surface area contributed by atoms with Gasteiger partial charge in [-0.3, -0.25) is 9.59 Å². The lowest BCUT2D eigenvalue weighted by Crippen LogP contribution is -2.35. The zero-order valence-electron chi connectivity index (χ0n) is 20.8. The number of ether oxygens (including phenoxy) is 2. The van der Waals surface area contributed by atoms with Gasteiger partial charge in [-0.15, -0.1) is 0 Å². The summed E-state index contributed by atoms with van der Waals surface area (Å²) in [7, 11) is 3.96. The molecule has 0 radical (unpaired) electrons. The number of benzene rings is 3. The Balaban J connectivity index is 1.53. The molecular weight excluding hydrogens is 536 g/mol. The molecule has 0 saturated carbocycles. The molecule has 5 rings (SSSR count). The largest absolute Gasteiger partial charge is 0.454 e. The van der Waals surface area contributed by atoms with Crippen molar-refractivity contribution in [1.29, 1.82) is 0 Å². The highest BCUT2D eigenvalue weighted by Gasteiger charge is 2.29. The summed E-state index contributed by atoms with van der Waals surface area (Å²) >= 11 is 3.48. The maximum Gasteiger partial charge on any atom is 0.258 e. The lowest BCUT2D eigenvalue weighted by atomic mass is 9.99. The van der Waals surface area contributed by atoms with Crippen molar-refractivity contribution in [1.82, 2.24) is 4.90 Å². The first kappa shape index (κ1) is 24.9. The number of carbonyl (C=O) groups excluding carboxylic acids is 2. The Kier molecular flexibility index (Phi) is 6.90. The molecule has 3 aromatic carbocycles. The van der Waals surface area contributed by atoms with Crippen LogP contribution in [0.3, 0.4) is 0 Å². The van der Waals surface area contributed by atoms with Crippen molar-refractivity contribution >= 4 is 56.1 Å². The van der Waals surface area contributed by atoms with E-state index in [1.165, 1.54) is 0 Å². The molecule has 0 aromatic heterocycles. The van der Waals surface area contributed by atoms with Crippen molar-refractivity contribution in [3.05, 3.63) is 76.3 Å². The van der Waals surface area contributed by atoms with Gasteiger partial charge >= 0.3 is 0 Å². The van der Waals surface area contributed by atoms with Crippen LogP contribution in [0.5, 0.6) is 11.5 Å². The number of halogens is 1. The molecule has 0 saturated heterocycles. The van der Waals surface area contributed by atoms with E-state index < -0.39 is 0 Å². The highest BCUT2D eigenvalue weighted by atomic mass is 79.9. The highest BCUT2D eigenvalue weighted by Crippen LogP contribution is 2.41. The lowest BCUT2D eigenvalue weighted by molar-refractivity contribution is -0.116. The van der Waals surface area contributed by atoms with Gasteiger partial charge in [-0.25, -0.2) is 0 Å². The number of nitrogens with zero attached hydrogens (tertiary/aromatic N) is 2. The van der Waals surface area contributed by atoms with Crippen LogP contribution >= 0.6 is 15.9 Å². The third-order valence-corrected chi connectivity index (χ3v) is 6.73. The molecule has 3 aromatic rings. The normalized spacial score (nSPS) is 14.9. The van der Waals surface area contributed by atoms with E-state index in [1.807, 2.05) is 79.7 Å². The van der Waals surface area contributed by atoms with Crippen LogP contribution in [0.1, 0.15) is 18.1 Å². The van der Waals surface area contributed by atoms with E-state index in [-0.39, 0.29) is 18.6 Å². The molecule has 0 fully saturated rings. The van der Waals surface area contributed by atoms with E-state index in [4.69, 9.17) is 9.47 Å². The van der Waals surface area contributed by atoms with E-state index in [9.17, 15) is 9.59 Å². The maximum atomic E-state index is 13.2. The van der Waals surface area contributed by atoms with Crippen molar-refractivity contribution in [2.24, 2.45) is 0 Å². The fraction of sp³-hybridized carbons (Fsp3) is 0.214. The number of amides is 2. The molecule has 2 N–H and O–H groups in total. The molecule has 0 bridgehead atoms. The van der Waals surface area contributed by atoms with E-state index in [1.54, 1.807) is 11.8 Å². The van der Waals surface area contributed by atoms with Crippen molar-refractivity contribution in [2.75, 3.05) is 49.5 Å². The number of hydrogen-bond acceptors (Lipinski definition) is 6. The topological polar surface area (TPSA) is 83.1 Å². The Hall–Kier alpha value is -3.82. The van der Waals surface area contributed by atoms with Crippen LogP contribution < -0.4 is 25.0 Å². The van der Waals surface area contributed by atoms with E-state index >= 15 is 0 Å². The first-order valence-electron chi connectivity index (χ1n) is 11.9. The van der Waals surface area contributed by atoms with E-state index in [2.05, 4.69) is 26.6 Å². The predicted octanol–water partition coefficient (Wildman–Crippen LogP) is 5.02. The van der Waals surface area contributed by atoms with Crippen molar-refractivity contribution < 1.29 is 19.1 Å². The summed E-state index contributed by atoms with van der Waals surface area (Å²) in [6, 6.07) is 18.9. The number of anilines is 3. The first-order chi connectivity index (χ1) is 17.8. The fourth-order valence-electron chi connectivity index (χ4n) is 4.36. The van der Waals surface area contributed by atoms with Gasteiger partial charge in [0.2, 0.25) is 12.7 Å². The molecule has 190 valence electrons. The minimum absolute atomic E-state index is 0.0175. The van der Waals surface area contributed by atoms with Crippen LogP contribution in [0, 0.1) is 0 Å². The second kappa shape index (κ2) is 10.3. The SMILES string of the molecule is CC(=O)N(CCN(C)C)c1ccc(N/C(=C2\C(=O)Nc3cc(Br)ccc32)c2ccc3c(c2)OCO3)cc1. The minimum atomic E-state index is -0.198. The quantitative estimate of drug-likeness (QED) is 0.393. The smallest absolute Gasteiger partial charge is 0.258 e. The monoisotopic (exact) mass is 562 g/mol. The van der Waals surface area contributed by atoms with Gasteiger partial charge in [0.1, 0.15) is 0 Å². The number of likely N-dealkylation sites (N-methyl/N-ethyl adjacent to an activating group) is 1. The highest BCUT2D eigenvalue weighted by molar-refractivity contribution is 9.10. The van der Waals surface area contributed by atoms with Gasteiger partial charge in [-0.1, -0.05) is 22.0 Å². The number of carbonyl (C=O) groups is 2. The molecule has 9 heteroatoms. The Labute approximate surface area is 224 Å². The summed E-state index contributed by atoms with van der Waals surface area (Å²) in [5.41, 5.74) is 5.08. The zero-order chi connectivity index (χ0) is 26.1.